The Bertz CT molecular complexity index is 580. The maximum absolute atomic E-state index is 9.73. The molecular formula is C17H22N2O2. The quantitative estimate of drug-likeness (QED) is 0.857. The van der Waals surface area contributed by atoms with Gasteiger partial charge in [0.15, 0.2) is 11.5 Å². The summed E-state index contributed by atoms with van der Waals surface area (Å²) < 4.78 is 5.03. The van der Waals surface area contributed by atoms with Crippen molar-refractivity contribution in [2.45, 2.75) is 13.1 Å². The molecule has 2 aromatic carbocycles. The van der Waals surface area contributed by atoms with Crippen LogP contribution in [0.3, 0.4) is 0 Å². The number of hydrogen-bond acceptors (Lipinski definition) is 4. The molecule has 0 aliphatic carbocycles. The van der Waals surface area contributed by atoms with Gasteiger partial charge in [-0.05, 0) is 35.4 Å². The molecule has 0 atom stereocenters. The number of benzene rings is 2. The average molecular weight is 286 g/mol. The molecule has 0 heterocycles. The van der Waals surface area contributed by atoms with Gasteiger partial charge in [0.1, 0.15) is 0 Å². The Kier molecular flexibility index (Phi) is 5.06. The van der Waals surface area contributed by atoms with E-state index in [1.165, 1.54) is 11.3 Å². The van der Waals surface area contributed by atoms with Crippen molar-refractivity contribution in [2.24, 2.45) is 0 Å². The van der Waals surface area contributed by atoms with Crippen LogP contribution in [0.4, 0.5) is 5.69 Å². The van der Waals surface area contributed by atoms with Crippen LogP contribution in [0.5, 0.6) is 11.5 Å². The summed E-state index contributed by atoms with van der Waals surface area (Å²) in [5, 5.41) is 13.1. The summed E-state index contributed by atoms with van der Waals surface area (Å²) in [6.07, 6.45) is 0. The minimum atomic E-state index is 0.173. The molecule has 0 fully saturated rings. The number of methoxy groups -OCH3 is 1. The second kappa shape index (κ2) is 6.99. The minimum absolute atomic E-state index is 0.173. The number of rotatable bonds is 6. The zero-order valence-corrected chi connectivity index (χ0v) is 12.8. The van der Waals surface area contributed by atoms with Gasteiger partial charge in [0, 0.05) is 32.9 Å². The molecule has 0 aliphatic heterocycles. The molecule has 0 saturated carbocycles. The van der Waals surface area contributed by atoms with Gasteiger partial charge >= 0.3 is 0 Å². The largest absolute Gasteiger partial charge is 0.504 e. The van der Waals surface area contributed by atoms with E-state index in [0.29, 0.717) is 12.3 Å². The summed E-state index contributed by atoms with van der Waals surface area (Å²) in [6, 6.07) is 13.9. The first kappa shape index (κ1) is 15.2. The predicted octanol–water partition coefficient (Wildman–Crippen LogP) is 2.76. The maximum atomic E-state index is 9.73. The second-order valence-corrected chi connectivity index (χ2v) is 5.17. The van der Waals surface area contributed by atoms with Crippen molar-refractivity contribution in [2.75, 3.05) is 26.1 Å². The fraction of sp³-hybridized carbons (Fsp3) is 0.294. The maximum Gasteiger partial charge on any atom is 0.160 e. The van der Waals surface area contributed by atoms with Crippen LogP contribution in [0.15, 0.2) is 42.5 Å². The monoisotopic (exact) mass is 286 g/mol. The number of phenolic OH excluding ortho intramolecular Hbond substituents is 1. The molecule has 0 unspecified atom stereocenters. The van der Waals surface area contributed by atoms with Gasteiger partial charge in [-0.3, -0.25) is 0 Å². The van der Waals surface area contributed by atoms with E-state index in [2.05, 4.69) is 34.5 Å². The molecule has 112 valence electrons. The summed E-state index contributed by atoms with van der Waals surface area (Å²) in [5.74, 6) is 0.671. The predicted molar refractivity (Wildman–Crippen MR) is 86.0 cm³/mol. The lowest BCUT2D eigenvalue weighted by molar-refractivity contribution is 0.373. The number of nitrogens with zero attached hydrogens (tertiary/aromatic N) is 1. The van der Waals surface area contributed by atoms with Crippen molar-refractivity contribution in [1.82, 2.24) is 5.32 Å². The van der Waals surface area contributed by atoms with Crippen molar-refractivity contribution in [3.8, 4) is 11.5 Å². The summed E-state index contributed by atoms with van der Waals surface area (Å²) in [4.78, 5) is 2.08. The van der Waals surface area contributed by atoms with Crippen LogP contribution >= 0.6 is 0 Å². The van der Waals surface area contributed by atoms with Gasteiger partial charge in [-0.1, -0.05) is 18.2 Å². The van der Waals surface area contributed by atoms with E-state index in [9.17, 15) is 5.11 Å². The van der Waals surface area contributed by atoms with Gasteiger partial charge in [0.25, 0.3) is 0 Å². The lowest BCUT2D eigenvalue weighted by Crippen LogP contribution is -2.13. The number of ether oxygens (including phenoxy) is 1. The second-order valence-electron chi connectivity index (χ2n) is 5.17. The Hall–Kier alpha value is -2.20. The minimum Gasteiger partial charge on any atom is -0.504 e. The highest BCUT2D eigenvalue weighted by Crippen LogP contribution is 2.26. The van der Waals surface area contributed by atoms with Crippen molar-refractivity contribution >= 4 is 5.69 Å². The normalized spacial score (nSPS) is 10.4. The molecule has 0 aromatic heterocycles. The van der Waals surface area contributed by atoms with Crippen molar-refractivity contribution in [1.29, 1.82) is 0 Å². The highest BCUT2D eigenvalue weighted by atomic mass is 16.5. The number of hydrogen-bond donors (Lipinski definition) is 2. The van der Waals surface area contributed by atoms with Crippen LogP contribution in [0, 0.1) is 0 Å². The van der Waals surface area contributed by atoms with Gasteiger partial charge < -0.3 is 20.1 Å². The van der Waals surface area contributed by atoms with Crippen LogP contribution in [0.1, 0.15) is 11.1 Å². The van der Waals surface area contributed by atoms with Crippen molar-refractivity contribution < 1.29 is 9.84 Å². The first-order chi connectivity index (χ1) is 10.1. The Labute approximate surface area is 126 Å². The number of anilines is 1. The van der Waals surface area contributed by atoms with E-state index in [4.69, 9.17) is 4.74 Å². The van der Waals surface area contributed by atoms with Crippen molar-refractivity contribution in [3.63, 3.8) is 0 Å². The lowest BCUT2D eigenvalue weighted by Gasteiger charge is -2.13. The molecular weight excluding hydrogens is 264 g/mol. The Morgan fingerprint density at radius 1 is 1.00 bits per heavy atom. The number of aromatic hydroxyl groups is 1. The summed E-state index contributed by atoms with van der Waals surface area (Å²) >= 11 is 0. The van der Waals surface area contributed by atoms with Crippen LogP contribution < -0.4 is 15.0 Å². The van der Waals surface area contributed by atoms with Crippen LogP contribution in [0.2, 0.25) is 0 Å². The van der Waals surface area contributed by atoms with Gasteiger partial charge in [-0.15, -0.1) is 0 Å². The molecule has 2 N–H and O–H groups in total. The topological polar surface area (TPSA) is 44.7 Å². The van der Waals surface area contributed by atoms with E-state index in [0.717, 1.165) is 12.1 Å². The SMILES string of the molecule is COc1ccc(CNCc2ccc(N(C)C)cc2)cc1O. The van der Waals surface area contributed by atoms with Crippen LogP contribution in [-0.2, 0) is 13.1 Å². The fourth-order valence-electron chi connectivity index (χ4n) is 2.11. The third kappa shape index (κ3) is 4.13. The van der Waals surface area contributed by atoms with E-state index in [1.54, 1.807) is 19.2 Å². The molecule has 2 rings (SSSR count). The van der Waals surface area contributed by atoms with Gasteiger partial charge in [-0.2, -0.15) is 0 Å². The molecule has 0 bridgehead atoms. The Morgan fingerprint density at radius 2 is 1.62 bits per heavy atom. The smallest absolute Gasteiger partial charge is 0.160 e. The third-order valence-electron chi connectivity index (χ3n) is 3.35. The Morgan fingerprint density at radius 3 is 2.19 bits per heavy atom. The molecule has 0 amide bonds. The lowest BCUT2D eigenvalue weighted by atomic mass is 10.1. The van der Waals surface area contributed by atoms with E-state index >= 15 is 0 Å². The first-order valence-electron chi connectivity index (χ1n) is 6.93. The number of phenols is 1. The van der Waals surface area contributed by atoms with Gasteiger partial charge in [0.2, 0.25) is 0 Å². The number of nitrogens with one attached hydrogen (secondary N) is 1. The van der Waals surface area contributed by atoms with Gasteiger partial charge in [0.05, 0.1) is 7.11 Å². The molecule has 0 aliphatic rings. The van der Waals surface area contributed by atoms with Crippen LogP contribution in [-0.4, -0.2) is 26.3 Å². The highest BCUT2D eigenvalue weighted by molar-refractivity contribution is 5.46. The molecule has 4 heteroatoms. The summed E-state index contributed by atoms with van der Waals surface area (Å²) in [5.41, 5.74) is 3.45. The zero-order chi connectivity index (χ0) is 15.2. The molecule has 2 aromatic rings. The summed E-state index contributed by atoms with van der Waals surface area (Å²) in [7, 11) is 5.61. The Balaban J connectivity index is 1.87. The molecule has 4 nitrogen and oxygen atoms in total. The molecule has 0 saturated heterocycles. The third-order valence-corrected chi connectivity index (χ3v) is 3.35. The highest BCUT2D eigenvalue weighted by Gasteiger charge is 2.02. The molecule has 21 heavy (non-hydrogen) atoms. The molecule has 0 radical (unpaired) electrons. The van der Waals surface area contributed by atoms with Crippen molar-refractivity contribution in [3.05, 3.63) is 53.6 Å². The average Bonchev–Trinajstić information content (AvgIpc) is 2.48. The van der Waals surface area contributed by atoms with E-state index in [1.807, 2.05) is 20.2 Å². The first-order valence-corrected chi connectivity index (χ1v) is 6.93. The fourth-order valence-corrected chi connectivity index (χ4v) is 2.11. The van der Waals surface area contributed by atoms with Crippen LogP contribution in [0.25, 0.3) is 0 Å². The van der Waals surface area contributed by atoms with Gasteiger partial charge in [-0.25, -0.2) is 0 Å². The van der Waals surface area contributed by atoms with E-state index in [-0.39, 0.29) is 5.75 Å². The zero-order valence-electron chi connectivity index (χ0n) is 12.8. The van der Waals surface area contributed by atoms with E-state index < -0.39 is 0 Å². The summed E-state index contributed by atoms with van der Waals surface area (Å²) in [6.45, 7) is 1.49. The standard InChI is InChI=1S/C17H22N2O2/c1-19(2)15-7-4-13(5-8-15)11-18-12-14-6-9-17(21-3)16(20)10-14/h4-10,18,20H,11-12H2,1-3H3. The molecule has 0 spiro atoms.